The molecule has 20 heavy (non-hydrogen) atoms. The van der Waals surface area contributed by atoms with Gasteiger partial charge in [0.2, 0.25) is 0 Å². The number of hydrogen-bond donors (Lipinski definition) is 0. The summed E-state index contributed by atoms with van der Waals surface area (Å²) in [6, 6.07) is 9.68. The molecule has 0 aliphatic carbocycles. The largest absolute Gasteiger partial charge is 0.459 e. The average Bonchev–Trinajstić information content (AvgIpc) is 2.50. The van der Waals surface area contributed by atoms with Gasteiger partial charge >= 0.3 is 5.97 Å². The van der Waals surface area contributed by atoms with E-state index in [-0.39, 0.29) is 0 Å². The number of rotatable bonds is 3. The third-order valence-electron chi connectivity index (χ3n) is 2.95. The first-order chi connectivity index (χ1) is 9.62. The summed E-state index contributed by atoms with van der Waals surface area (Å²) in [4.78, 5) is 21.4. The van der Waals surface area contributed by atoms with Gasteiger partial charge in [-0.15, -0.1) is 0 Å². The Kier molecular flexibility index (Phi) is 6.07. The van der Waals surface area contributed by atoms with Gasteiger partial charge in [0.25, 0.3) is 0 Å². The molecule has 0 aliphatic rings. The molecule has 0 fully saturated rings. The quantitative estimate of drug-likeness (QED) is 0.365. The second kappa shape index (κ2) is 7.81. The minimum Gasteiger partial charge on any atom is -0.459 e. The van der Waals surface area contributed by atoms with Crippen molar-refractivity contribution in [1.29, 1.82) is 0 Å². The molecule has 0 saturated carbocycles. The highest BCUT2D eigenvalue weighted by Crippen LogP contribution is 2.28. The molecule has 1 atom stereocenters. The van der Waals surface area contributed by atoms with Crippen molar-refractivity contribution in [3.05, 3.63) is 35.9 Å². The number of ether oxygens (including phenoxy) is 1. The Morgan fingerprint density at radius 2 is 2.05 bits per heavy atom. The van der Waals surface area contributed by atoms with Gasteiger partial charge in [-0.1, -0.05) is 42.2 Å². The van der Waals surface area contributed by atoms with Crippen LogP contribution in [0, 0.1) is 23.7 Å². The lowest BCUT2D eigenvalue weighted by molar-refractivity contribution is -0.133. The predicted octanol–water partition coefficient (Wildman–Crippen LogP) is 2.10. The van der Waals surface area contributed by atoms with Crippen LogP contribution in [-0.4, -0.2) is 19.4 Å². The summed E-state index contributed by atoms with van der Waals surface area (Å²) in [6.45, 7) is 1.95. The summed E-state index contributed by atoms with van der Waals surface area (Å²) in [5.41, 5.74) is 0.497. The van der Waals surface area contributed by atoms with E-state index in [1.165, 1.54) is 7.11 Å². The molecule has 0 saturated heterocycles. The Balaban J connectivity index is 3.01. The van der Waals surface area contributed by atoms with E-state index in [9.17, 15) is 9.59 Å². The second-order valence-corrected chi connectivity index (χ2v) is 4.38. The summed E-state index contributed by atoms with van der Waals surface area (Å²) >= 11 is 0. The monoisotopic (exact) mass is 268 g/mol. The summed E-state index contributed by atoms with van der Waals surface area (Å²) in [5.74, 6) is 10.0. The SMILES string of the molecule is COC(=O)C#CC(C)(CCC#CC=O)c1ccccc1. The Labute approximate surface area is 119 Å². The van der Waals surface area contributed by atoms with Crippen molar-refractivity contribution in [3.8, 4) is 23.7 Å². The summed E-state index contributed by atoms with van der Waals surface area (Å²) < 4.78 is 4.54. The number of methoxy groups -OCH3 is 1. The van der Waals surface area contributed by atoms with Crippen LogP contribution < -0.4 is 0 Å². The predicted molar refractivity (Wildman–Crippen MR) is 76.7 cm³/mol. The molecule has 0 radical (unpaired) electrons. The van der Waals surface area contributed by atoms with Crippen LogP contribution in [0.5, 0.6) is 0 Å². The van der Waals surface area contributed by atoms with E-state index in [1.54, 1.807) is 0 Å². The first-order valence-electron chi connectivity index (χ1n) is 6.21. The second-order valence-electron chi connectivity index (χ2n) is 4.38. The van der Waals surface area contributed by atoms with Gasteiger partial charge in [-0.05, 0) is 24.8 Å². The molecule has 1 rings (SSSR count). The zero-order chi connectivity index (χ0) is 14.8. The highest BCUT2D eigenvalue weighted by Gasteiger charge is 2.23. The Hall–Kier alpha value is -2.52. The minimum atomic E-state index is -0.564. The van der Waals surface area contributed by atoms with Crippen molar-refractivity contribution >= 4 is 12.3 Å². The van der Waals surface area contributed by atoms with Crippen LogP contribution in [0.2, 0.25) is 0 Å². The normalized spacial score (nSPS) is 11.9. The number of benzene rings is 1. The van der Waals surface area contributed by atoms with Crippen molar-refractivity contribution in [3.63, 3.8) is 0 Å². The van der Waals surface area contributed by atoms with Crippen molar-refractivity contribution in [2.45, 2.75) is 25.2 Å². The third kappa shape index (κ3) is 4.63. The Morgan fingerprint density at radius 1 is 1.35 bits per heavy atom. The van der Waals surface area contributed by atoms with E-state index >= 15 is 0 Å². The zero-order valence-corrected chi connectivity index (χ0v) is 11.6. The van der Waals surface area contributed by atoms with Crippen molar-refractivity contribution in [2.75, 3.05) is 7.11 Å². The number of aldehydes is 1. The zero-order valence-electron chi connectivity index (χ0n) is 11.6. The molecule has 0 N–H and O–H groups in total. The molecule has 1 aromatic rings. The number of carbonyl (C=O) groups excluding carboxylic acids is 2. The molecule has 102 valence electrons. The van der Waals surface area contributed by atoms with Crippen LogP contribution in [0.15, 0.2) is 30.3 Å². The van der Waals surface area contributed by atoms with Crippen LogP contribution in [0.1, 0.15) is 25.3 Å². The lowest BCUT2D eigenvalue weighted by Crippen LogP contribution is -2.20. The molecule has 1 aromatic carbocycles. The van der Waals surface area contributed by atoms with E-state index in [4.69, 9.17) is 0 Å². The van der Waals surface area contributed by atoms with Gasteiger partial charge in [0.15, 0.2) is 6.29 Å². The van der Waals surface area contributed by atoms with E-state index in [0.29, 0.717) is 19.1 Å². The molecule has 3 nitrogen and oxygen atoms in total. The number of carbonyl (C=O) groups is 2. The minimum absolute atomic E-state index is 0.507. The van der Waals surface area contributed by atoms with Gasteiger partial charge in [0, 0.05) is 12.3 Å². The van der Waals surface area contributed by atoms with Gasteiger partial charge in [-0.25, -0.2) is 4.79 Å². The maximum absolute atomic E-state index is 11.2. The number of esters is 1. The summed E-state index contributed by atoms with van der Waals surface area (Å²) in [7, 11) is 1.30. The Bertz CT molecular complexity index is 581. The van der Waals surface area contributed by atoms with E-state index in [2.05, 4.69) is 28.4 Å². The molecule has 3 heteroatoms. The third-order valence-corrected chi connectivity index (χ3v) is 2.95. The van der Waals surface area contributed by atoms with Crippen LogP contribution in [0.25, 0.3) is 0 Å². The summed E-state index contributed by atoms with van der Waals surface area (Å²) in [5, 5.41) is 0. The highest BCUT2D eigenvalue weighted by molar-refractivity contribution is 5.88. The average molecular weight is 268 g/mol. The fourth-order valence-corrected chi connectivity index (χ4v) is 1.75. The molecule has 0 aromatic heterocycles. The van der Waals surface area contributed by atoms with Gasteiger partial charge in [-0.3, -0.25) is 4.79 Å². The van der Waals surface area contributed by atoms with Crippen LogP contribution in [0.4, 0.5) is 0 Å². The lowest BCUT2D eigenvalue weighted by Gasteiger charge is -2.23. The maximum atomic E-state index is 11.2. The standard InChI is InChI=1S/C17H16O3/c1-17(12-7-4-8-14-18,13-11-16(19)20-2)15-9-5-3-6-10-15/h3,5-6,9-10,14H,7,12H2,1-2H3. The van der Waals surface area contributed by atoms with Crippen LogP contribution in [-0.2, 0) is 19.7 Å². The topological polar surface area (TPSA) is 43.4 Å². The first kappa shape index (κ1) is 15.5. The first-order valence-corrected chi connectivity index (χ1v) is 6.21. The van der Waals surface area contributed by atoms with Crippen LogP contribution in [0.3, 0.4) is 0 Å². The molecule has 1 unspecified atom stereocenters. The fourth-order valence-electron chi connectivity index (χ4n) is 1.75. The van der Waals surface area contributed by atoms with Crippen molar-refractivity contribution < 1.29 is 14.3 Å². The van der Waals surface area contributed by atoms with Crippen molar-refractivity contribution in [2.24, 2.45) is 0 Å². The molecule has 0 amide bonds. The van der Waals surface area contributed by atoms with E-state index < -0.39 is 11.4 Å². The van der Waals surface area contributed by atoms with E-state index in [0.717, 1.165) is 5.56 Å². The van der Waals surface area contributed by atoms with Crippen LogP contribution >= 0.6 is 0 Å². The molecule has 0 aliphatic heterocycles. The lowest BCUT2D eigenvalue weighted by atomic mass is 9.79. The van der Waals surface area contributed by atoms with Gasteiger partial charge in [0.1, 0.15) is 0 Å². The molecule has 0 heterocycles. The maximum Gasteiger partial charge on any atom is 0.384 e. The van der Waals surface area contributed by atoms with Gasteiger partial charge in [-0.2, -0.15) is 0 Å². The fraction of sp³-hybridized carbons (Fsp3) is 0.294. The van der Waals surface area contributed by atoms with Crippen molar-refractivity contribution in [1.82, 2.24) is 0 Å². The van der Waals surface area contributed by atoms with E-state index in [1.807, 2.05) is 37.3 Å². The Morgan fingerprint density at radius 3 is 2.65 bits per heavy atom. The molecule has 0 spiro atoms. The van der Waals surface area contributed by atoms with Gasteiger partial charge < -0.3 is 4.74 Å². The molecular weight excluding hydrogens is 252 g/mol. The molecular formula is C17H16O3. The summed E-state index contributed by atoms with van der Waals surface area (Å²) in [6.07, 6.45) is 1.72. The molecule has 0 bridgehead atoms. The smallest absolute Gasteiger partial charge is 0.384 e. The number of hydrogen-bond acceptors (Lipinski definition) is 3. The highest BCUT2D eigenvalue weighted by atomic mass is 16.5. The van der Waals surface area contributed by atoms with Gasteiger partial charge in [0.05, 0.1) is 12.5 Å².